The van der Waals surface area contributed by atoms with Crippen molar-refractivity contribution in [2.75, 3.05) is 0 Å². The van der Waals surface area contributed by atoms with Crippen molar-refractivity contribution in [3.05, 3.63) is 38.9 Å². The van der Waals surface area contributed by atoms with E-state index in [-0.39, 0.29) is 17.4 Å². The van der Waals surface area contributed by atoms with Crippen LogP contribution >= 0.6 is 22.9 Å². The molecule has 0 saturated carbocycles. The molecular formula is C14H13ClFNO2S. The van der Waals surface area contributed by atoms with Crippen molar-refractivity contribution in [1.29, 1.82) is 0 Å². The summed E-state index contributed by atoms with van der Waals surface area (Å²) < 4.78 is 13.2. The lowest BCUT2D eigenvalue weighted by Gasteiger charge is -2.09. The topological polar surface area (TPSA) is 50.2 Å². The number of thiazole rings is 1. The third-order valence-corrected chi connectivity index (χ3v) is 4.37. The summed E-state index contributed by atoms with van der Waals surface area (Å²) in [4.78, 5) is 16.2. The van der Waals surface area contributed by atoms with Crippen molar-refractivity contribution >= 4 is 28.9 Å². The Morgan fingerprint density at radius 3 is 2.85 bits per heavy atom. The van der Waals surface area contributed by atoms with E-state index in [0.717, 1.165) is 9.88 Å². The SMILES string of the molecule is Cc1nc(-c2ccc(F)c(Cl)c2)c(C(C)CC(=O)O)s1. The van der Waals surface area contributed by atoms with Crippen LogP contribution in [0.5, 0.6) is 0 Å². The Bertz CT molecular complexity index is 657. The Balaban J connectivity index is 2.45. The monoisotopic (exact) mass is 313 g/mol. The van der Waals surface area contributed by atoms with Crippen molar-refractivity contribution in [2.45, 2.75) is 26.2 Å². The number of aromatic nitrogens is 1. The quantitative estimate of drug-likeness (QED) is 0.904. The molecule has 3 nitrogen and oxygen atoms in total. The van der Waals surface area contributed by atoms with E-state index < -0.39 is 11.8 Å². The zero-order valence-corrected chi connectivity index (χ0v) is 12.6. The number of carbonyl (C=O) groups is 1. The van der Waals surface area contributed by atoms with Crippen LogP contribution in [0.25, 0.3) is 11.3 Å². The summed E-state index contributed by atoms with van der Waals surface area (Å²) in [7, 11) is 0. The highest BCUT2D eigenvalue weighted by molar-refractivity contribution is 7.12. The first kappa shape index (κ1) is 14.9. The molecule has 0 aliphatic carbocycles. The lowest BCUT2D eigenvalue weighted by molar-refractivity contribution is -0.137. The highest BCUT2D eigenvalue weighted by atomic mass is 35.5. The number of halogens is 2. The van der Waals surface area contributed by atoms with E-state index in [1.807, 2.05) is 13.8 Å². The molecule has 106 valence electrons. The number of carboxylic acid groups (broad SMARTS) is 1. The standard InChI is InChI=1S/C14H13ClFNO2S/c1-7(5-12(18)19)14-13(17-8(2)20-14)9-3-4-11(16)10(15)6-9/h3-4,6-7H,5H2,1-2H3,(H,18,19). The fraction of sp³-hybridized carbons (Fsp3) is 0.286. The van der Waals surface area contributed by atoms with E-state index in [1.54, 1.807) is 6.07 Å². The van der Waals surface area contributed by atoms with Crippen LogP contribution < -0.4 is 0 Å². The fourth-order valence-corrected chi connectivity index (χ4v) is 3.16. The number of rotatable bonds is 4. The van der Waals surface area contributed by atoms with Crippen LogP contribution in [0.15, 0.2) is 18.2 Å². The van der Waals surface area contributed by atoms with Crippen molar-refractivity contribution in [1.82, 2.24) is 4.98 Å². The predicted molar refractivity (Wildman–Crippen MR) is 77.9 cm³/mol. The minimum Gasteiger partial charge on any atom is -0.481 e. The van der Waals surface area contributed by atoms with Gasteiger partial charge in [-0.15, -0.1) is 11.3 Å². The van der Waals surface area contributed by atoms with Gasteiger partial charge in [0.15, 0.2) is 0 Å². The van der Waals surface area contributed by atoms with Crippen molar-refractivity contribution in [2.24, 2.45) is 0 Å². The summed E-state index contributed by atoms with van der Waals surface area (Å²) in [5.41, 5.74) is 1.39. The fourth-order valence-electron chi connectivity index (χ4n) is 1.98. The smallest absolute Gasteiger partial charge is 0.303 e. The molecule has 1 N–H and O–H groups in total. The van der Waals surface area contributed by atoms with Crippen LogP contribution in [0.3, 0.4) is 0 Å². The molecule has 2 rings (SSSR count). The molecule has 0 saturated heterocycles. The lowest BCUT2D eigenvalue weighted by atomic mass is 10.0. The average molecular weight is 314 g/mol. The maximum absolute atomic E-state index is 13.2. The molecule has 0 bridgehead atoms. The maximum atomic E-state index is 13.2. The highest BCUT2D eigenvalue weighted by Crippen LogP contribution is 2.36. The molecule has 6 heteroatoms. The number of nitrogens with zero attached hydrogens (tertiary/aromatic N) is 1. The molecule has 20 heavy (non-hydrogen) atoms. The van der Waals surface area contributed by atoms with Gasteiger partial charge in [-0.05, 0) is 25.1 Å². The molecule has 1 atom stereocenters. The van der Waals surface area contributed by atoms with Crippen LogP contribution in [0.2, 0.25) is 5.02 Å². The molecule has 1 aromatic carbocycles. The van der Waals surface area contributed by atoms with E-state index >= 15 is 0 Å². The lowest BCUT2D eigenvalue weighted by Crippen LogP contribution is -2.02. The van der Waals surface area contributed by atoms with Gasteiger partial charge in [0.25, 0.3) is 0 Å². The molecular weight excluding hydrogens is 301 g/mol. The number of hydrogen-bond donors (Lipinski definition) is 1. The van der Waals surface area contributed by atoms with Gasteiger partial charge in [-0.1, -0.05) is 18.5 Å². The van der Waals surface area contributed by atoms with E-state index in [1.165, 1.54) is 23.5 Å². The van der Waals surface area contributed by atoms with Gasteiger partial charge in [0.2, 0.25) is 0 Å². The van der Waals surface area contributed by atoms with Crippen LogP contribution in [0, 0.1) is 12.7 Å². The zero-order chi connectivity index (χ0) is 14.9. The van der Waals surface area contributed by atoms with Crippen LogP contribution in [-0.4, -0.2) is 16.1 Å². The summed E-state index contributed by atoms with van der Waals surface area (Å²) in [5.74, 6) is -1.49. The van der Waals surface area contributed by atoms with Gasteiger partial charge in [0, 0.05) is 16.4 Å². The Morgan fingerprint density at radius 2 is 2.25 bits per heavy atom. The zero-order valence-electron chi connectivity index (χ0n) is 11.0. The van der Waals surface area contributed by atoms with E-state index in [2.05, 4.69) is 4.98 Å². The Labute approximate surface area is 125 Å². The van der Waals surface area contributed by atoms with Gasteiger partial charge in [-0.25, -0.2) is 9.37 Å². The number of aryl methyl sites for hydroxylation is 1. The first-order valence-corrected chi connectivity index (χ1v) is 7.22. The second-order valence-electron chi connectivity index (χ2n) is 4.57. The first-order chi connectivity index (χ1) is 9.38. The Morgan fingerprint density at radius 1 is 1.55 bits per heavy atom. The molecule has 0 radical (unpaired) electrons. The van der Waals surface area contributed by atoms with Crippen LogP contribution in [0.1, 0.15) is 29.1 Å². The van der Waals surface area contributed by atoms with Crippen molar-refractivity contribution < 1.29 is 14.3 Å². The molecule has 0 fully saturated rings. The number of aliphatic carboxylic acids is 1. The third-order valence-electron chi connectivity index (χ3n) is 2.88. The van der Waals surface area contributed by atoms with Gasteiger partial charge >= 0.3 is 5.97 Å². The summed E-state index contributed by atoms with van der Waals surface area (Å²) in [5, 5.41) is 9.78. The molecule has 0 aliphatic rings. The maximum Gasteiger partial charge on any atom is 0.303 e. The molecule has 1 unspecified atom stereocenters. The molecule has 2 aromatic rings. The number of hydrogen-bond acceptors (Lipinski definition) is 3. The van der Waals surface area contributed by atoms with E-state index in [9.17, 15) is 9.18 Å². The first-order valence-electron chi connectivity index (χ1n) is 6.03. The normalized spacial score (nSPS) is 12.4. The molecule has 1 aromatic heterocycles. The Kier molecular flexibility index (Phi) is 4.40. The third kappa shape index (κ3) is 3.16. The Hall–Kier alpha value is -1.46. The number of benzene rings is 1. The largest absolute Gasteiger partial charge is 0.481 e. The summed E-state index contributed by atoms with van der Waals surface area (Å²) >= 11 is 7.25. The van der Waals surface area contributed by atoms with Gasteiger partial charge in [-0.3, -0.25) is 4.79 Å². The van der Waals surface area contributed by atoms with E-state index in [0.29, 0.717) is 11.3 Å². The van der Waals surface area contributed by atoms with Gasteiger partial charge in [0.05, 0.1) is 22.1 Å². The van der Waals surface area contributed by atoms with Gasteiger partial charge in [-0.2, -0.15) is 0 Å². The van der Waals surface area contributed by atoms with Crippen molar-refractivity contribution in [3.63, 3.8) is 0 Å². The second-order valence-corrected chi connectivity index (χ2v) is 6.22. The van der Waals surface area contributed by atoms with Gasteiger partial charge in [0.1, 0.15) is 5.82 Å². The summed E-state index contributed by atoms with van der Waals surface area (Å²) in [6.07, 6.45) is 0.0313. The van der Waals surface area contributed by atoms with Gasteiger partial charge < -0.3 is 5.11 Å². The molecule has 0 spiro atoms. The molecule has 1 heterocycles. The molecule has 0 aliphatic heterocycles. The summed E-state index contributed by atoms with van der Waals surface area (Å²) in [6.45, 7) is 3.70. The second kappa shape index (κ2) is 5.89. The predicted octanol–water partition coefficient (Wildman–Crippen LogP) is 4.49. The summed E-state index contributed by atoms with van der Waals surface area (Å²) in [6, 6.07) is 4.41. The van der Waals surface area contributed by atoms with Crippen molar-refractivity contribution in [3.8, 4) is 11.3 Å². The van der Waals surface area contributed by atoms with Crippen LogP contribution in [-0.2, 0) is 4.79 Å². The average Bonchev–Trinajstić information content (AvgIpc) is 2.74. The minimum atomic E-state index is -0.855. The van der Waals surface area contributed by atoms with Crippen LogP contribution in [0.4, 0.5) is 4.39 Å². The number of carboxylic acids is 1. The highest BCUT2D eigenvalue weighted by Gasteiger charge is 2.20. The minimum absolute atomic E-state index is 0.0313. The molecule has 0 amide bonds. The van der Waals surface area contributed by atoms with E-state index in [4.69, 9.17) is 16.7 Å².